The molecule has 9 heteroatoms. The number of sulfonamides is 1. The molecule has 1 aliphatic heterocycles. The average molecular weight is 420 g/mol. The van der Waals surface area contributed by atoms with Crippen LogP contribution in [-0.2, 0) is 26.0 Å². The number of fused-ring (bicyclic) bond motifs is 1. The van der Waals surface area contributed by atoms with E-state index in [1.807, 2.05) is 0 Å². The fourth-order valence-corrected chi connectivity index (χ4v) is 4.58. The van der Waals surface area contributed by atoms with Crippen LogP contribution in [-0.4, -0.2) is 39.2 Å². The van der Waals surface area contributed by atoms with Gasteiger partial charge in [-0.15, -0.1) is 0 Å². The zero-order valence-corrected chi connectivity index (χ0v) is 17.0. The van der Waals surface area contributed by atoms with Crippen molar-refractivity contribution in [3.05, 3.63) is 58.9 Å². The van der Waals surface area contributed by atoms with Crippen LogP contribution in [0.25, 0.3) is 0 Å². The van der Waals surface area contributed by atoms with Crippen molar-refractivity contribution < 1.29 is 27.1 Å². The molecule has 0 radical (unpaired) electrons. The smallest absolute Gasteiger partial charge is 0.338 e. The third-order valence-corrected chi connectivity index (χ3v) is 5.89. The number of amides is 1. The molecule has 1 N–H and O–H groups in total. The summed E-state index contributed by atoms with van der Waals surface area (Å²) < 4.78 is 43.8. The fourth-order valence-electron chi connectivity index (χ4n) is 3.32. The number of ether oxygens (including phenoxy) is 1. The van der Waals surface area contributed by atoms with Crippen LogP contribution in [0.2, 0.25) is 0 Å². The molecule has 0 spiro atoms. The Morgan fingerprint density at radius 2 is 1.97 bits per heavy atom. The van der Waals surface area contributed by atoms with Gasteiger partial charge in [0.2, 0.25) is 10.0 Å². The van der Waals surface area contributed by atoms with Crippen molar-refractivity contribution in [1.82, 2.24) is 0 Å². The lowest BCUT2D eigenvalue weighted by Gasteiger charge is -2.21. The molecule has 1 amide bonds. The number of nitrogens with one attached hydrogen (secondary N) is 1. The second-order valence-electron chi connectivity index (χ2n) is 7.04. The lowest BCUT2D eigenvalue weighted by Crippen LogP contribution is -2.34. The number of carbonyl (C=O) groups is 2. The number of hydrogen-bond donors (Lipinski definition) is 1. The molecule has 3 rings (SSSR count). The maximum atomic E-state index is 13.5. The minimum atomic E-state index is -3.42. The molecule has 0 bridgehead atoms. The lowest BCUT2D eigenvalue weighted by atomic mass is 10.1. The quantitative estimate of drug-likeness (QED) is 0.751. The summed E-state index contributed by atoms with van der Waals surface area (Å²) in [5.74, 6) is -1.75. The molecular weight excluding hydrogens is 399 g/mol. The highest BCUT2D eigenvalue weighted by Gasteiger charge is 2.32. The monoisotopic (exact) mass is 420 g/mol. The van der Waals surface area contributed by atoms with Gasteiger partial charge >= 0.3 is 5.97 Å². The summed E-state index contributed by atoms with van der Waals surface area (Å²) in [6, 6.07) is 8.62. The SMILES string of the molecule is Cc1ccc(NC(=O)COC(=O)c2ccc3c(c2)C[C@@H](C)N3S(C)(=O)=O)cc1F. The van der Waals surface area contributed by atoms with E-state index in [4.69, 9.17) is 4.74 Å². The van der Waals surface area contributed by atoms with Crippen molar-refractivity contribution in [3.63, 3.8) is 0 Å². The Morgan fingerprint density at radius 1 is 1.24 bits per heavy atom. The van der Waals surface area contributed by atoms with Crippen molar-refractivity contribution in [2.75, 3.05) is 22.5 Å². The Bertz CT molecular complexity index is 1080. The van der Waals surface area contributed by atoms with Crippen LogP contribution in [0.1, 0.15) is 28.4 Å². The second-order valence-corrected chi connectivity index (χ2v) is 8.90. The maximum absolute atomic E-state index is 13.5. The molecule has 0 saturated heterocycles. The lowest BCUT2D eigenvalue weighted by molar-refractivity contribution is -0.119. The predicted molar refractivity (Wildman–Crippen MR) is 107 cm³/mol. The standard InChI is InChI=1S/C20H21FN2O5S/c1-12-4-6-16(10-17(12)21)22-19(24)11-28-20(25)14-5-7-18-15(9-14)8-13(2)23(18)29(3,26)27/h4-7,9-10,13H,8,11H2,1-3H3,(H,22,24)/t13-/m1/s1. The van der Waals surface area contributed by atoms with Gasteiger partial charge in [0.1, 0.15) is 5.82 Å². The number of esters is 1. The molecule has 7 nitrogen and oxygen atoms in total. The molecule has 2 aromatic rings. The highest BCUT2D eigenvalue weighted by molar-refractivity contribution is 7.92. The number of aryl methyl sites for hydroxylation is 1. The van der Waals surface area contributed by atoms with Gasteiger partial charge in [0.05, 0.1) is 17.5 Å². The summed E-state index contributed by atoms with van der Waals surface area (Å²) in [6.45, 7) is 2.86. The highest BCUT2D eigenvalue weighted by Crippen LogP contribution is 2.34. The maximum Gasteiger partial charge on any atom is 0.338 e. The van der Waals surface area contributed by atoms with Crippen molar-refractivity contribution in [1.29, 1.82) is 0 Å². The first-order chi connectivity index (χ1) is 13.6. The molecule has 0 saturated carbocycles. The van der Waals surface area contributed by atoms with E-state index >= 15 is 0 Å². The molecule has 0 fully saturated rings. The van der Waals surface area contributed by atoms with E-state index in [1.54, 1.807) is 32.0 Å². The van der Waals surface area contributed by atoms with Gasteiger partial charge in [-0.3, -0.25) is 9.10 Å². The first-order valence-corrected chi connectivity index (χ1v) is 10.8. The van der Waals surface area contributed by atoms with Gasteiger partial charge in [-0.25, -0.2) is 17.6 Å². The Labute approximate surface area is 168 Å². The summed E-state index contributed by atoms with van der Waals surface area (Å²) in [7, 11) is -3.42. The number of carbonyl (C=O) groups excluding carboxylic acids is 2. The largest absolute Gasteiger partial charge is 0.452 e. The van der Waals surface area contributed by atoms with E-state index in [2.05, 4.69) is 5.32 Å². The zero-order valence-electron chi connectivity index (χ0n) is 16.2. The van der Waals surface area contributed by atoms with Crippen LogP contribution in [0.4, 0.5) is 15.8 Å². The summed E-state index contributed by atoms with van der Waals surface area (Å²) in [5.41, 5.74) is 2.20. The van der Waals surface area contributed by atoms with Gasteiger partial charge in [0.15, 0.2) is 6.61 Å². The van der Waals surface area contributed by atoms with Gasteiger partial charge < -0.3 is 10.1 Å². The summed E-state index contributed by atoms with van der Waals surface area (Å²) >= 11 is 0. The van der Waals surface area contributed by atoms with E-state index in [9.17, 15) is 22.4 Å². The van der Waals surface area contributed by atoms with Crippen molar-refractivity contribution >= 4 is 33.3 Å². The predicted octanol–water partition coefficient (Wildman–Crippen LogP) is 2.64. The summed E-state index contributed by atoms with van der Waals surface area (Å²) in [5, 5.41) is 2.46. The van der Waals surface area contributed by atoms with E-state index in [1.165, 1.54) is 22.5 Å². The number of benzene rings is 2. The van der Waals surface area contributed by atoms with Crippen LogP contribution in [0.15, 0.2) is 36.4 Å². The third-order valence-electron chi connectivity index (χ3n) is 4.62. The van der Waals surface area contributed by atoms with Gasteiger partial charge in [0, 0.05) is 11.7 Å². The van der Waals surface area contributed by atoms with E-state index in [0.717, 1.165) is 11.8 Å². The van der Waals surface area contributed by atoms with Gasteiger partial charge in [-0.05, 0) is 61.7 Å². The van der Waals surface area contributed by atoms with Crippen molar-refractivity contribution in [2.24, 2.45) is 0 Å². The Kier molecular flexibility index (Phi) is 5.61. The number of anilines is 2. The number of halogens is 1. The number of rotatable bonds is 5. The van der Waals surface area contributed by atoms with Crippen LogP contribution in [0, 0.1) is 12.7 Å². The van der Waals surface area contributed by atoms with Crippen LogP contribution in [0.3, 0.4) is 0 Å². The number of hydrogen-bond acceptors (Lipinski definition) is 5. The van der Waals surface area contributed by atoms with Gasteiger partial charge in [-0.1, -0.05) is 6.07 Å². The summed E-state index contributed by atoms with van der Waals surface area (Å²) in [4.78, 5) is 24.2. The molecule has 0 aromatic heterocycles. The van der Waals surface area contributed by atoms with E-state index < -0.39 is 34.3 Å². The first-order valence-electron chi connectivity index (χ1n) is 8.91. The molecule has 29 heavy (non-hydrogen) atoms. The molecule has 1 aliphatic rings. The molecular formula is C20H21FN2O5S. The molecule has 1 atom stereocenters. The molecule has 154 valence electrons. The van der Waals surface area contributed by atoms with Crippen molar-refractivity contribution in [3.8, 4) is 0 Å². The van der Waals surface area contributed by atoms with Crippen LogP contribution >= 0.6 is 0 Å². The van der Waals surface area contributed by atoms with Gasteiger partial charge in [0.25, 0.3) is 5.91 Å². The van der Waals surface area contributed by atoms with Crippen LogP contribution in [0.5, 0.6) is 0 Å². The second kappa shape index (κ2) is 7.82. The molecule has 1 heterocycles. The molecule has 0 aliphatic carbocycles. The fraction of sp³-hybridized carbons (Fsp3) is 0.300. The Hall–Kier alpha value is -2.94. The molecule has 2 aromatic carbocycles. The third kappa shape index (κ3) is 4.56. The minimum absolute atomic E-state index is 0.223. The zero-order chi connectivity index (χ0) is 21.3. The topological polar surface area (TPSA) is 92.8 Å². The number of nitrogens with zero attached hydrogens (tertiary/aromatic N) is 1. The average Bonchev–Trinajstić information content (AvgIpc) is 2.97. The Balaban J connectivity index is 1.64. The van der Waals surface area contributed by atoms with E-state index in [0.29, 0.717) is 17.7 Å². The normalized spacial score (nSPS) is 15.7. The minimum Gasteiger partial charge on any atom is -0.452 e. The first kappa shape index (κ1) is 20.8. The van der Waals surface area contributed by atoms with Crippen LogP contribution < -0.4 is 9.62 Å². The summed E-state index contributed by atoms with van der Waals surface area (Å²) in [6.07, 6.45) is 1.61. The Morgan fingerprint density at radius 3 is 2.62 bits per heavy atom. The van der Waals surface area contributed by atoms with Gasteiger partial charge in [-0.2, -0.15) is 0 Å². The highest BCUT2D eigenvalue weighted by atomic mass is 32.2. The van der Waals surface area contributed by atoms with Crippen molar-refractivity contribution in [2.45, 2.75) is 26.3 Å². The van der Waals surface area contributed by atoms with E-state index in [-0.39, 0.29) is 17.3 Å². The molecule has 0 unspecified atom stereocenters.